The van der Waals surface area contributed by atoms with Crippen LogP contribution in [0.1, 0.15) is 22.5 Å². The highest BCUT2D eigenvalue weighted by atomic mass is 79.9. The number of rotatable bonds is 2. The second-order valence-electron chi connectivity index (χ2n) is 2.66. The highest BCUT2D eigenvalue weighted by Gasteiger charge is 2.03. The van der Waals surface area contributed by atoms with E-state index in [0.29, 0.717) is 11.3 Å². The van der Waals surface area contributed by atoms with E-state index < -0.39 is 0 Å². The molecule has 15 heavy (non-hydrogen) atoms. The third-order valence-corrected chi connectivity index (χ3v) is 2.02. The maximum absolute atomic E-state index is 11.1. The van der Waals surface area contributed by atoms with Crippen LogP contribution in [0, 0.1) is 11.8 Å². The lowest BCUT2D eigenvalue weighted by atomic mass is 10.2. The lowest BCUT2D eigenvalue weighted by molar-refractivity contribution is 0.0600. The summed E-state index contributed by atoms with van der Waals surface area (Å²) in [5.74, 6) is 5.44. The van der Waals surface area contributed by atoms with E-state index in [4.69, 9.17) is 0 Å². The molecule has 0 aliphatic rings. The van der Waals surface area contributed by atoms with Crippen LogP contribution in [0.3, 0.4) is 0 Å². The highest BCUT2D eigenvalue weighted by Crippen LogP contribution is 2.01. The first-order valence-corrected chi connectivity index (χ1v) is 5.49. The number of esters is 1. The van der Waals surface area contributed by atoms with Crippen LogP contribution >= 0.6 is 15.9 Å². The molecule has 0 fully saturated rings. The van der Waals surface area contributed by atoms with Crippen molar-refractivity contribution in [2.45, 2.75) is 6.42 Å². The third-order valence-electron chi connectivity index (χ3n) is 1.62. The molecule has 0 amide bonds. The maximum atomic E-state index is 11.1. The van der Waals surface area contributed by atoms with Crippen LogP contribution in [-0.2, 0) is 4.74 Å². The van der Waals surface area contributed by atoms with Gasteiger partial charge in [0, 0.05) is 17.9 Å². The zero-order valence-corrected chi connectivity index (χ0v) is 9.87. The van der Waals surface area contributed by atoms with Crippen molar-refractivity contribution in [3.63, 3.8) is 0 Å². The molecule has 0 bridgehead atoms. The van der Waals surface area contributed by atoms with E-state index in [1.807, 2.05) is 0 Å². The first-order valence-electron chi connectivity index (χ1n) is 4.37. The van der Waals surface area contributed by atoms with E-state index in [-0.39, 0.29) is 5.97 Å². The Morgan fingerprint density at radius 2 is 2.40 bits per heavy atom. The fraction of sp³-hybridized carbons (Fsp3) is 0.273. The normalized spacial score (nSPS) is 8.93. The van der Waals surface area contributed by atoms with Gasteiger partial charge in [-0.15, -0.1) is 0 Å². The molecule has 1 rings (SSSR count). The quantitative estimate of drug-likeness (QED) is 0.468. The molecule has 0 saturated carbocycles. The summed E-state index contributed by atoms with van der Waals surface area (Å²) in [4.78, 5) is 15.1. The molecule has 0 radical (unpaired) electrons. The number of carbonyl (C=O) groups excluding carboxylic acids is 1. The van der Waals surface area contributed by atoms with Crippen molar-refractivity contribution in [3.8, 4) is 11.8 Å². The summed E-state index contributed by atoms with van der Waals surface area (Å²) in [6.45, 7) is 0. The van der Waals surface area contributed by atoms with E-state index in [2.05, 4.69) is 37.5 Å². The van der Waals surface area contributed by atoms with Crippen molar-refractivity contribution in [1.82, 2.24) is 4.98 Å². The molecule has 0 aliphatic heterocycles. The average Bonchev–Trinajstić information content (AvgIpc) is 2.29. The Kier molecular flexibility index (Phi) is 4.85. The van der Waals surface area contributed by atoms with Gasteiger partial charge in [0.2, 0.25) is 0 Å². The summed E-state index contributed by atoms with van der Waals surface area (Å²) in [6.07, 6.45) is 2.24. The standard InChI is InChI=1S/C11H10BrNO2/c1-15-11(14)9-5-6-10(13-8-9)4-2-3-7-12/h5-6,8H,3,7H2,1H3. The van der Waals surface area contributed by atoms with Crippen LogP contribution in [0.2, 0.25) is 0 Å². The van der Waals surface area contributed by atoms with Crippen LogP contribution < -0.4 is 0 Å². The van der Waals surface area contributed by atoms with Crippen LogP contribution in [0.25, 0.3) is 0 Å². The van der Waals surface area contributed by atoms with Gasteiger partial charge in [0.15, 0.2) is 0 Å². The molecule has 0 spiro atoms. The lowest BCUT2D eigenvalue weighted by Crippen LogP contribution is -2.01. The highest BCUT2D eigenvalue weighted by molar-refractivity contribution is 9.09. The Bertz CT molecular complexity index is 389. The van der Waals surface area contributed by atoms with Crippen LogP contribution in [-0.4, -0.2) is 23.4 Å². The second kappa shape index (κ2) is 6.20. The topological polar surface area (TPSA) is 39.2 Å². The second-order valence-corrected chi connectivity index (χ2v) is 3.46. The number of carbonyl (C=O) groups is 1. The molecule has 1 aromatic heterocycles. The summed E-state index contributed by atoms with van der Waals surface area (Å²) < 4.78 is 4.55. The predicted molar refractivity (Wildman–Crippen MR) is 60.9 cm³/mol. The minimum absolute atomic E-state index is 0.387. The number of nitrogens with zero attached hydrogens (tertiary/aromatic N) is 1. The van der Waals surface area contributed by atoms with Crippen molar-refractivity contribution in [2.75, 3.05) is 12.4 Å². The van der Waals surface area contributed by atoms with Crippen molar-refractivity contribution in [3.05, 3.63) is 29.6 Å². The summed E-state index contributed by atoms with van der Waals surface area (Å²) in [5.41, 5.74) is 1.09. The fourth-order valence-corrected chi connectivity index (χ4v) is 1.10. The Morgan fingerprint density at radius 1 is 1.60 bits per heavy atom. The van der Waals surface area contributed by atoms with Gasteiger partial charge in [0.05, 0.1) is 12.7 Å². The molecule has 0 aromatic carbocycles. The summed E-state index contributed by atoms with van der Waals surface area (Å²) >= 11 is 3.28. The molecular weight excluding hydrogens is 258 g/mol. The number of alkyl halides is 1. The van der Waals surface area contributed by atoms with E-state index in [9.17, 15) is 4.79 Å². The van der Waals surface area contributed by atoms with Gasteiger partial charge in [0.1, 0.15) is 5.69 Å². The van der Waals surface area contributed by atoms with Crippen LogP contribution in [0.4, 0.5) is 0 Å². The molecule has 0 unspecified atom stereocenters. The third kappa shape index (κ3) is 3.72. The van der Waals surface area contributed by atoms with Crippen molar-refractivity contribution in [1.29, 1.82) is 0 Å². The first kappa shape index (κ1) is 11.7. The van der Waals surface area contributed by atoms with E-state index in [0.717, 1.165) is 11.8 Å². The summed E-state index contributed by atoms with van der Waals surface area (Å²) in [5, 5.41) is 0.847. The molecule has 0 aliphatic carbocycles. The van der Waals surface area contributed by atoms with Gasteiger partial charge < -0.3 is 4.74 Å². The van der Waals surface area contributed by atoms with Crippen molar-refractivity contribution >= 4 is 21.9 Å². The molecule has 0 atom stereocenters. The number of ether oxygens (including phenoxy) is 1. The molecule has 0 N–H and O–H groups in total. The number of aromatic nitrogens is 1. The molecule has 0 saturated heterocycles. The van der Waals surface area contributed by atoms with Gasteiger partial charge in [0.25, 0.3) is 0 Å². The maximum Gasteiger partial charge on any atom is 0.339 e. The fourth-order valence-electron chi connectivity index (χ4n) is 0.907. The van der Waals surface area contributed by atoms with Crippen LogP contribution in [0.5, 0.6) is 0 Å². The van der Waals surface area contributed by atoms with Gasteiger partial charge in [-0.3, -0.25) is 0 Å². The van der Waals surface area contributed by atoms with Gasteiger partial charge in [-0.1, -0.05) is 21.9 Å². The Labute approximate surface area is 97.0 Å². The number of hydrogen-bond acceptors (Lipinski definition) is 3. The monoisotopic (exact) mass is 267 g/mol. The molecular formula is C11H10BrNO2. The minimum Gasteiger partial charge on any atom is -0.465 e. The van der Waals surface area contributed by atoms with E-state index >= 15 is 0 Å². The van der Waals surface area contributed by atoms with Crippen molar-refractivity contribution in [2.24, 2.45) is 0 Å². The van der Waals surface area contributed by atoms with Gasteiger partial charge in [-0.2, -0.15) is 0 Å². The summed E-state index contributed by atoms with van der Waals surface area (Å²) in [6, 6.07) is 3.35. The summed E-state index contributed by atoms with van der Waals surface area (Å²) in [7, 11) is 1.34. The lowest BCUT2D eigenvalue weighted by Gasteiger charge is -1.97. The van der Waals surface area contributed by atoms with Gasteiger partial charge in [-0.05, 0) is 18.1 Å². The predicted octanol–water partition coefficient (Wildman–Crippen LogP) is 2.00. The molecule has 1 heterocycles. The SMILES string of the molecule is COC(=O)c1ccc(C#CCCBr)nc1. The Balaban J connectivity index is 2.73. The smallest absolute Gasteiger partial charge is 0.339 e. The largest absolute Gasteiger partial charge is 0.465 e. The molecule has 3 nitrogen and oxygen atoms in total. The number of methoxy groups -OCH3 is 1. The number of halogens is 1. The average molecular weight is 268 g/mol. The molecule has 1 aromatic rings. The van der Waals surface area contributed by atoms with Crippen molar-refractivity contribution < 1.29 is 9.53 Å². The van der Waals surface area contributed by atoms with Gasteiger partial charge >= 0.3 is 5.97 Å². The number of hydrogen-bond donors (Lipinski definition) is 0. The Hall–Kier alpha value is -1.34. The van der Waals surface area contributed by atoms with Crippen LogP contribution in [0.15, 0.2) is 18.3 Å². The van der Waals surface area contributed by atoms with Gasteiger partial charge in [-0.25, -0.2) is 9.78 Å². The van der Waals surface area contributed by atoms with E-state index in [1.165, 1.54) is 13.3 Å². The zero-order chi connectivity index (χ0) is 11.1. The Morgan fingerprint density at radius 3 is 2.93 bits per heavy atom. The first-order chi connectivity index (χ1) is 7.27. The number of pyridine rings is 1. The zero-order valence-electron chi connectivity index (χ0n) is 8.29. The van der Waals surface area contributed by atoms with E-state index in [1.54, 1.807) is 12.1 Å². The minimum atomic E-state index is -0.387. The molecule has 4 heteroatoms. The molecule has 78 valence electrons.